The van der Waals surface area contributed by atoms with Crippen LogP contribution < -0.4 is 0 Å². The zero-order valence-corrected chi connectivity index (χ0v) is 19.6. The molecule has 0 amide bonds. The minimum Gasteiger partial charge on any atom is -0.473 e. The molecule has 0 aliphatic carbocycles. The van der Waals surface area contributed by atoms with Gasteiger partial charge in [-0.1, -0.05) is 67.6 Å². The Morgan fingerprint density at radius 1 is 0.882 bits per heavy atom. The van der Waals surface area contributed by atoms with Gasteiger partial charge in [-0.05, 0) is 55.3 Å². The molecule has 34 heavy (non-hydrogen) atoms. The Kier molecular flexibility index (Phi) is 11.5. The van der Waals surface area contributed by atoms with Crippen LogP contribution in [0.25, 0.3) is 5.57 Å². The van der Waals surface area contributed by atoms with Gasteiger partial charge in [0.1, 0.15) is 0 Å². The molecule has 0 bridgehead atoms. The lowest BCUT2D eigenvalue weighted by Gasteiger charge is -2.29. The third-order valence-corrected chi connectivity index (χ3v) is 5.61. The number of carbonyl (C=O) groups is 3. The monoisotopic (exact) mass is 467 g/mol. The van der Waals surface area contributed by atoms with Crippen LogP contribution in [0.1, 0.15) is 43.7 Å². The smallest absolute Gasteiger partial charge is 0.414 e. The maximum atomic E-state index is 12.8. The van der Waals surface area contributed by atoms with E-state index in [0.717, 1.165) is 61.9 Å². The summed E-state index contributed by atoms with van der Waals surface area (Å²) in [5.41, 5.74) is 4.51. The molecule has 7 heteroatoms. The summed E-state index contributed by atoms with van der Waals surface area (Å²) in [6, 6.07) is 20.8. The summed E-state index contributed by atoms with van der Waals surface area (Å²) >= 11 is 0. The highest BCUT2D eigenvalue weighted by Gasteiger charge is 2.24. The Morgan fingerprint density at radius 3 is 2.09 bits per heavy atom. The zero-order valence-electron chi connectivity index (χ0n) is 19.6. The third-order valence-electron chi connectivity index (χ3n) is 5.61. The highest BCUT2D eigenvalue weighted by atomic mass is 16.5. The van der Waals surface area contributed by atoms with Crippen molar-refractivity contribution in [2.24, 2.45) is 0 Å². The second-order valence-corrected chi connectivity index (χ2v) is 7.98. The molecule has 2 aromatic rings. The fraction of sp³-hybridized carbons (Fsp3) is 0.370. The number of carbonyl (C=O) groups excluding carboxylic acids is 1. The maximum Gasteiger partial charge on any atom is 0.414 e. The molecule has 1 heterocycles. The molecule has 1 aliphatic rings. The van der Waals surface area contributed by atoms with Crippen LogP contribution in [-0.4, -0.2) is 59.3 Å². The first-order valence-electron chi connectivity index (χ1n) is 11.6. The number of hydrogen-bond donors (Lipinski definition) is 2. The predicted octanol–water partition coefficient (Wildman–Crippen LogP) is 4.28. The molecule has 2 N–H and O–H groups in total. The van der Waals surface area contributed by atoms with E-state index in [1.165, 1.54) is 5.56 Å². The lowest BCUT2D eigenvalue weighted by Crippen LogP contribution is -2.34. The molecule has 7 nitrogen and oxygen atoms in total. The van der Waals surface area contributed by atoms with Crippen molar-refractivity contribution in [3.8, 4) is 0 Å². The van der Waals surface area contributed by atoms with Gasteiger partial charge >= 0.3 is 17.9 Å². The Hall–Kier alpha value is -3.45. The van der Waals surface area contributed by atoms with Crippen LogP contribution in [0.2, 0.25) is 0 Å². The number of likely N-dealkylation sites (N-methyl/N-ethyl adjacent to an activating group) is 1. The highest BCUT2D eigenvalue weighted by Crippen LogP contribution is 2.28. The number of carboxylic acid groups (broad SMARTS) is 2. The average molecular weight is 468 g/mol. The molecular formula is C27H33NO6. The van der Waals surface area contributed by atoms with E-state index >= 15 is 0 Å². The minimum absolute atomic E-state index is 0.139. The second-order valence-electron chi connectivity index (χ2n) is 7.98. The van der Waals surface area contributed by atoms with Crippen molar-refractivity contribution in [2.75, 3.05) is 26.2 Å². The fourth-order valence-electron chi connectivity index (χ4n) is 3.74. The van der Waals surface area contributed by atoms with E-state index in [1.54, 1.807) is 0 Å². The Morgan fingerprint density at radius 2 is 1.50 bits per heavy atom. The van der Waals surface area contributed by atoms with Gasteiger partial charge in [0.2, 0.25) is 0 Å². The van der Waals surface area contributed by atoms with Gasteiger partial charge in [-0.15, -0.1) is 0 Å². The number of nitrogens with zero attached hydrogens (tertiary/aromatic N) is 1. The molecule has 0 fully saturated rings. The molecule has 0 atom stereocenters. The molecule has 0 saturated heterocycles. The summed E-state index contributed by atoms with van der Waals surface area (Å²) in [5.74, 6) is -3.79. The minimum atomic E-state index is -1.82. The van der Waals surface area contributed by atoms with E-state index in [1.807, 2.05) is 24.3 Å². The standard InChI is InChI=1S/C25H31NO2.C2H2O4/c1-2-26-18-17-23(22-15-9-4-10-16-22)24(20-26)25(27)28-19-11-5-8-14-21-12-6-3-7-13-21;3-1(4)2(5)6/h3-4,6-7,9-10,12-13,15-16H,2,5,8,11,14,17-20H2,1H3;(H,3,4)(H,5,6). The average Bonchev–Trinajstić information content (AvgIpc) is 2.87. The van der Waals surface area contributed by atoms with E-state index < -0.39 is 11.9 Å². The fourth-order valence-corrected chi connectivity index (χ4v) is 3.74. The molecule has 182 valence electrons. The van der Waals surface area contributed by atoms with Crippen molar-refractivity contribution in [3.05, 3.63) is 77.4 Å². The molecule has 0 aromatic heterocycles. The second kappa shape index (κ2) is 14.6. The molecule has 3 rings (SSSR count). The Labute approximate surface area is 200 Å². The molecule has 1 aliphatic heterocycles. The molecule has 2 aromatic carbocycles. The number of benzene rings is 2. The van der Waals surface area contributed by atoms with Gasteiger partial charge in [0.15, 0.2) is 0 Å². The van der Waals surface area contributed by atoms with Gasteiger partial charge in [0.05, 0.1) is 12.2 Å². The van der Waals surface area contributed by atoms with E-state index in [2.05, 4.69) is 48.2 Å². The van der Waals surface area contributed by atoms with Crippen LogP contribution in [-0.2, 0) is 25.5 Å². The van der Waals surface area contributed by atoms with Crippen molar-refractivity contribution in [3.63, 3.8) is 0 Å². The van der Waals surface area contributed by atoms with Crippen LogP contribution in [0.5, 0.6) is 0 Å². The summed E-state index contributed by atoms with van der Waals surface area (Å²) in [6.45, 7) is 5.29. The molecular weight excluding hydrogens is 434 g/mol. The van der Waals surface area contributed by atoms with E-state index in [4.69, 9.17) is 24.5 Å². The SMILES string of the molecule is CCN1CCC(c2ccccc2)=C(C(=O)OCCCCCc2ccccc2)C1.O=C(O)C(=O)O. The number of carboxylic acids is 2. The van der Waals surface area contributed by atoms with E-state index in [-0.39, 0.29) is 5.97 Å². The summed E-state index contributed by atoms with van der Waals surface area (Å²) in [6.07, 6.45) is 5.12. The number of hydrogen-bond acceptors (Lipinski definition) is 5. The largest absolute Gasteiger partial charge is 0.473 e. The van der Waals surface area contributed by atoms with Gasteiger partial charge in [-0.25, -0.2) is 14.4 Å². The third kappa shape index (κ3) is 9.19. The van der Waals surface area contributed by atoms with Gasteiger partial charge in [-0.3, -0.25) is 4.90 Å². The van der Waals surface area contributed by atoms with Crippen LogP contribution in [0, 0.1) is 0 Å². The number of unbranched alkanes of at least 4 members (excludes halogenated alkanes) is 2. The number of aryl methyl sites for hydroxylation is 1. The number of esters is 1. The highest BCUT2D eigenvalue weighted by molar-refractivity contribution is 6.27. The van der Waals surface area contributed by atoms with Gasteiger partial charge in [0.25, 0.3) is 0 Å². The van der Waals surface area contributed by atoms with Crippen molar-refractivity contribution in [1.82, 2.24) is 4.90 Å². The molecule has 0 radical (unpaired) electrons. The maximum absolute atomic E-state index is 12.8. The Bertz CT molecular complexity index is 944. The molecule has 0 unspecified atom stereocenters. The van der Waals surface area contributed by atoms with Gasteiger partial charge < -0.3 is 14.9 Å². The van der Waals surface area contributed by atoms with Crippen molar-refractivity contribution in [2.45, 2.75) is 39.0 Å². The van der Waals surface area contributed by atoms with Gasteiger partial charge in [-0.2, -0.15) is 0 Å². The van der Waals surface area contributed by atoms with Crippen molar-refractivity contribution < 1.29 is 29.3 Å². The summed E-state index contributed by atoms with van der Waals surface area (Å²) in [4.78, 5) is 33.3. The first-order valence-corrected chi connectivity index (χ1v) is 11.6. The van der Waals surface area contributed by atoms with E-state index in [0.29, 0.717) is 13.2 Å². The van der Waals surface area contributed by atoms with Crippen molar-refractivity contribution in [1.29, 1.82) is 0 Å². The predicted molar refractivity (Wildman–Crippen MR) is 130 cm³/mol. The van der Waals surface area contributed by atoms with Crippen LogP contribution in [0.3, 0.4) is 0 Å². The number of rotatable bonds is 9. The number of ether oxygens (including phenoxy) is 1. The first-order chi connectivity index (χ1) is 16.4. The number of aliphatic carboxylic acids is 2. The Balaban J connectivity index is 0.000000604. The summed E-state index contributed by atoms with van der Waals surface area (Å²) in [5, 5.41) is 14.8. The van der Waals surface area contributed by atoms with E-state index in [9.17, 15) is 4.79 Å². The quantitative estimate of drug-likeness (QED) is 0.322. The van der Waals surface area contributed by atoms with Crippen LogP contribution in [0.15, 0.2) is 66.2 Å². The van der Waals surface area contributed by atoms with Crippen LogP contribution >= 0.6 is 0 Å². The van der Waals surface area contributed by atoms with Gasteiger partial charge in [0, 0.05) is 13.1 Å². The first kappa shape index (κ1) is 26.8. The lowest BCUT2D eigenvalue weighted by atomic mass is 9.93. The van der Waals surface area contributed by atoms with Crippen molar-refractivity contribution >= 4 is 23.5 Å². The molecule has 0 saturated carbocycles. The normalized spacial score (nSPS) is 13.6. The topological polar surface area (TPSA) is 104 Å². The lowest BCUT2D eigenvalue weighted by molar-refractivity contribution is -0.159. The van der Waals surface area contributed by atoms with Crippen LogP contribution in [0.4, 0.5) is 0 Å². The molecule has 0 spiro atoms. The summed E-state index contributed by atoms with van der Waals surface area (Å²) in [7, 11) is 0. The summed E-state index contributed by atoms with van der Waals surface area (Å²) < 4.78 is 5.65. The zero-order chi connectivity index (χ0) is 24.8.